The van der Waals surface area contributed by atoms with Gasteiger partial charge in [0.1, 0.15) is 11.6 Å². The van der Waals surface area contributed by atoms with Gasteiger partial charge in [0.05, 0.1) is 11.0 Å². The lowest BCUT2D eigenvalue weighted by atomic mass is 10.1. The summed E-state index contributed by atoms with van der Waals surface area (Å²) in [5, 5.41) is 2.37. The second kappa shape index (κ2) is 7.94. The van der Waals surface area contributed by atoms with Crippen LogP contribution in [0.3, 0.4) is 0 Å². The lowest BCUT2D eigenvalue weighted by molar-refractivity contribution is 0.726. The van der Waals surface area contributed by atoms with Gasteiger partial charge in [-0.25, -0.2) is 9.97 Å². The van der Waals surface area contributed by atoms with Crippen LogP contribution in [0.1, 0.15) is 51.4 Å². The SMILES string of the molecule is c1cc2ccc3ccc(N4CCCCCC4)nc3c2nc1N1CCCCCC1. The molecule has 0 aliphatic carbocycles. The minimum atomic E-state index is 1.05. The Morgan fingerprint density at radius 2 is 0.821 bits per heavy atom. The van der Waals surface area contributed by atoms with Crippen LogP contribution in [0.25, 0.3) is 21.8 Å². The molecule has 0 spiro atoms. The summed E-state index contributed by atoms with van der Waals surface area (Å²) >= 11 is 0. The molecule has 0 amide bonds. The maximum atomic E-state index is 5.12. The van der Waals surface area contributed by atoms with E-state index in [0.717, 1.165) is 48.8 Å². The lowest BCUT2D eigenvalue weighted by Gasteiger charge is -2.23. The molecule has 0 atom stereocenters. The van der Waals surface area contributed by atoms with Crippen LogP contribution < -0.4 is 9.80 Å². The molecule has 0 bridgehead atoms. The van der Waals surface area contributed by atoms with E-state index in [0.29, 0.717) is 0 Å². The van der Waals surface area contributed by atoms with Crippen molar-refractivity contribution in [1.29, 1.82) is 0 Å². The van der Waals surface area contributed by atoms with Gasteiger partial charge in [-0.05, 0) is 49.9 Å². The van der Waals surface area contributed by atoms with Crippen molar-refractivity contribution in [3.63, 3.8) is 0 Å². The number of nitrogens with zero attached hydrogens (tertiary/aromatic N) is 4. The molecule has 4 nitrogen and oxygen atoms in total. The number of hydrogen-bond acceptors (Lipinski definition) is 4. The van der Waals surface area contributed by atoms with Crippen LogP contribution >= 0.6 is 0 Å². The predicted molar refractivity (Wildman–Crippen MR) is 118 cm³/mol. The van der Waals surface area contributed by atoms with Gasteiger partial charge in [-0.1, -0.05) is 37.8 Å². The van der Waals surface area contributed by atoms with Crippen molar-refractivity contribution < 1.29 is 0 Å². The van der Waals surface area contributed by atoms with Crippen molar-refractivity contribution in [2.24, 2.45) is 0 Å². The lowest BCUT2D eigenvalue weighted by Crippen LogP contribution is -2.25. The first-order valence-electron chi connectivity index (χ1n) is 11.1. The van der Waals surface area contributed by atoms with Crippen LogP contribution in [0.4, 0.5) is 11.6 Å². The molecule has 4 heteroatoms. The minimum absolute atomic E-state index is 1.05. The van der Waals surface area contributed by atoms with E-state index in [9.17, 15) is 0 Å². The maximum absolute atomic E-state index is 5.12. The third-order valence-corrected chi connectivity index (χ3v) is 6.35. The fourth-order valence-electron chi connectivity index (χ4n) is 4.70. The number of benzene rings is 1. The normalized spacial score (nSPS) is 19.0. The standard InChI is InChI=1S/C24H30N4/c1-2-6-16-27(15-5-1)21-13-11-19-9-10-20-12-14-22(26-24(20)23(19)25-21)28-17-7-3-4-8-18-28/h9-14H,1-8,15-18H2. The Kier molecular flexibility index (Phi) is 5.03. The Morgan fingerprint density at radius 1 is 0.464 bits per heavy atom. The molecule has 0 radical (unpaired) electrons. The van der Waals surface area contributed by atoms with Gasteiger partial charge in [0, 0.05) is 37.0 Å². The van der Waals surface area contributed by atoms with Crippen LogP contribution in [0, 0.1) is 0 Å². The largest absolute Gasteiger partial charge is 0.357 e. The molecule has 0 unspecified atom stereocenters. The number of rotatable bonds is 2. The summed E-state index contributed by atoms with van der Waals surface area (Å²) in [6.45, 7) is 4.48. The molecule has 2 saturated heterocycles. The highest BCUT2D eigenvalue weighted by atomic mass is 15.2. The number of aromatic nitrogens is 2. The van der Waals surface area contributed by atoms with Crippen LogP contribution in [0.15, 0.2) is 36.4 Å². The summed E-state index contributed by atoms with van der Waals surface area (Å²) in [6.07, 6.45) is 10.4. The third-order valence-electron chi connectivity index (χ3n) is 6.35. The molecule has 4 heterocycles. The Bertz CT molecular complexity index is 873. The summed E-state index contributed by atoms with van der Waals surface area (Å²) in [4.78, 5) is 15.2. The number of anilines is 2. The van der Waals surface area contributed by atoms with Crippen molar-refractivity contribution in [1.82, 2.24) is 9.97 Å². The third kappa shape index (κ3) is 3.52. The summed E-state index contributed by atoms with van der Waals surface area (Å²) in [7, 11) is 0. The average molecular weight is 375 g/mol. The second-order valence-corrected chi connectivity index (χ2v) is 8.35. The highest BCUT2D eigenvalue weighted by Gasteiger charge is 2.15. The molecule has 2 fully saturated rings. The van der Waals surface area contributed by atoms with E-state index in [1.54, 1.807) is 0 Å². The second-order valence-electron chi connectivity index (χ2n) is 8.35. The molecular formula is C24H30N4. The van der Waals surface area contributed by atoms with Crippen molar-refractivity contribution in [3.05, 3.63) is 36.4 Å². The number of pyridine rings is 2. The van der Waals surface area contributed by atoms with E-state index in [2.05, 4.69) is 46.2 Å². The van der Waals surface area contributed by atoms with Gasteiger partial charge in [0.2, 0.25) is 0 Å². The average Bonchev–Trinajstić information content (AvgIpc) is 3.18. The van der Waals surface area contributed by atoms with E-state index >= 15 is 0 Å². The Balaban J connectivity index is 1.57. The van der Waals surface area contributed by atoms with Gasteiger partial charge < -0.3 is 9.80 Å². The van der Waals surface area contributed by atoms with Crippen molar-refractivity contribution in [2.75, 3.05) is 36.0 Å². The van der Waals surface area contributed by atoms with Crippen molar-refractivity contribution in [3.8, 4) is 0 Å². The first kappa shape index (κ1) is 17.7. The minimum Gasteiger partial charge on any atom is -0.357 e. The molecule has 2 aliphatic rings. The predicted octanol–water partition coefficient (Wildman–Crippen LogP) is 5.54. The van der Waals surface area contributed by atoms with Gasteiger partial charge >= 0.3 is 0 Å². The molecule has 5 rings (SSSR count). The zero-order valence-electron chi connectivity index (χ0n) is 16.7. The van der Waals surface area contributed by atoms with Gasteiger partial charge in [0.15, 0.2) is 0 Å². The molecule has 2 aliphatic heterocycles. The first-order valence-corrected chi connectivity index (χ1v) is 11.1. The summed E-state index contributed by atoms with van der Waals surface area (Å²) in [5.41, 5.74) is 2.10. The highest BCUT2D eigenvalue weighted by molar-refractivity contribution is 6.03. The highest BCUT2D eigenvalue weighted by Crippen LogP contribution is 2.28. The van der Waals surface area contributed by atoms with E-state index in [-0.39, 0.29) is 0 Å². The van der Waals surface area contributed by atoms with Crippen molar-refractivity contribution in [2.45, 2.75) is 51.4 Å². The Hall–Kier alpha value is -2.36. The summed E-state index contributed by atoms with van der Waals surface area (Å²) in [5.74, 6) is 2.23. The zero-order valence-corrected chi connectivity index (χ0v) is 16.7. The van der Waals surface area contributed by atoms with Crippen LogP contribution in [0.2, 0.25) is 0 Å². The van der Waals surface area contributed by atoms with Crippen LogP contribution in [0.5, 0.6) is 0 Å². The smallest absolute Gasteiger partial charge is 0.129 e. The fraction of sp³-hybridized carbons (Fsp3) is 0.500. The van der Waals surface area contributed by atoms with Crippen LogP contribution in [-0.2, 0) is 0 Å². The zero-order chi connectivity index (χ0) is 18.8. The number of fused-ring (bicyclic) bond motifs is 3. The Morgan fingerprint density at radius 3 is 1.21 bits per heavy atom. The van der Waals surface area contributed by atoms with E-state index < -0.39 is 0 Å². The summed E-state index contributed by atoms with van der Waals surface area (Å²) < 4.78 is 0. The van der Waals surface area contributed by atoms with Gasteiger partial charge in [0.25, 0.3) is 0 Å². The molecule has 0 saturated carbocycles. The fourth-order valence-corrected chi connectivity index (χ4v) is 4.70. The molecule has 3 aromatic rings. The topological polar surface area (TPSA) is 32.3 Å². The number of hydrogen-bond donors (Lipinski definition) is 0. The maximum Gasteiger partial charge on any atom is 0.129 e. The molecule has 28 heavy (non-hydrogen) atoms. The van der Waals surface area contributed by atoms with E-state index in [1.165, 1.54) is 62.1 Å². The Labute approximate surface area is 167 Å². The first-order chi connectivity index (χ1) is 13.9. The molecule has 2 aromatic heterocycles. The monoisotopic (exact) mass is 374 g/mol. The summed E-state index contributed by atoms with van der Waals surface area (Å²) in [6, 6.07) is 13.2. The molecule has 0 N–H and O–H groups in total. The molecular weight excluding hydrogens is 344 g/mol. The van der Waals surface area contributed by atoms with Crippen molar-refractivity contribution >= 4 is 33.4 Å². The van der Waals surface area contributed by atoms with Gasteiger partial charge in [-0.3, -0.25) is 0 Å². The molecule has 146 valence electrons. The quantitative estimate of drug-likeness (QED) is 0.551. The van der Waals surface area contributed by atoms with Gasteiger partial charge in [-0.15, -0.1) is 0 Å². The van der Waals surface area contributed by atoms with E-state index in [4.69, 9.17) is 9.97 Å². The van der Waals surface area contributed by atoms with E-state index in [1.807, 2.05) is 0 Å². The molecule has 1 aromatic carbocycles. The van der Waals surface area contributed by atoms with Gasteiger partial charge in [-0.2, -0.15) is 0 Å². The van der Waals surface area contributed by atoms with Crippen LogP contribution in [-0.4, -0.2) is 36.1 Å².